The van der Waals surface area contributed by atoms with Crippen LogP contribution in [0.1, 0.15) is 27.4 Å². The maximum Gasteiger partial charge on any atom is 0.258 e. The molecule has 152 valence electrons. The van der Waals surface area contributed by atoms with Gasteiger partial charge in [-0.15, -0.1) is 0 Å². The van der Waals surface area contributed by atoms with Crippen molar-refractivity contribution in [1.29, 1.82) is 0 Å². The normalized spacial score (nSPS) is 10.9. The highest BCUT2D eigenvalue weighted by molar-refractivity contribution is 6.04. The minimum Gasteiger partial charge on any atom is -0.441 e. The van der Waals surface area contributed by atoms with E-state index < -0.39 is 17.5 Å². The molecule has 8 heteroatoms. The van der Waals surface area contributed by atoms with Crippen LogP contribution in [0.15, 0.2) is 59.3 Å². The predicted octanol–water partition coefficient (Wildman–Crippen LogP) is 4.73. The second kappa shape index (κ2) is 7.90. The molecule has 0 saturated heterocycles. The summed E-state index contributed by atoms with van der Waals surface area (Å²) >= 11 is 0. The number of carbonyl (C=O) groups is 1. The number of oxazole rings is 1. The third-order valence-corrected chi connectivity index (χ3v) is 4.53. The van der Waals surface area contributed by atoms with Gasteiger partial charge in [-0.3, -0.25) is 9.48 Å². The van der Waals surface area contributed by atoms with E-state index >= 15 is 0 Å². The molecular weight excluding hydrogens is 390 g/mol. The van der Waals surface area contributed by atoms with Gasteiger partial charge in [0.1, 0.15) is 23.1 Å². The van der Waals surface area contributed by atoms with Crippen LogP contribution in [0.4, 0.5) is 14.5 Å². The molecule has 0 fully saturated rings. The number of amides is 1. The zero-order valence-electron chi connectivity index (χ0n) is 16.3. The van der Waals surface area contributed by atoms with Crippen LogP contribution < -0.4 is 5.32 Å². The lowest BCUT2D eigenvalue weighted by Gasteiger charge is -2.06. The molecule has 2 aromatic carbocycles. The van der Waals surface area contributed by atoms with Crippen LogP contribution in [0.25, 0.3) is 11.5 Å². The van der Waals surface area contributed by atoms with Crippen LogP contribution >= 0.6 is 0 Å². The molecule has 1 N–H and O–H groups in total. The van der Waals surface area contributed by atoms with Crippen molar-refractivity contribution >= 4 is 11.6 Å². The largest absolute Gasteiger partial charge is 0.441 e. The van der Waals surface area contributed by atoms with Crippen molar-refractivity contribution < 1.29 is 18.0 Å². The predicted molar refractivity (Wildman–Crippen MR) is 107 cm³/mol. The lowest BCUT2D eigenvalue weighted by Crippen LogP contribution is -2.13. The SMILES string of the molecule is Cc1cnn(Cc2nc(-c3ccc(NC(=O)c4ccc(F)cc4F)cc3)oc2C)c1. The number of nitrogens with zero attached hydrogens (tertiary/aromatic N) is 3. The zero-order chi connectivity index (χ0) is 21.3. The number of hydrogen-bond acceptors (Lipinski definition) is 4. The van der Waals surface area contributed by atoms with Gasteiger partial charge in [-0.1, -0.05) is 0 Å². The summed E-state index contributed by atoms with van der Waals surface area (Å²) in [5.74, 6) is -1.17. The molecule has 6 nitrogen and oxygen atoms in total. The Morgan fingerprint density at radius 3 is 2.57 bits per heavy atom. The highest BCUT2D eigenvalue weighted by Crippen LogP contribution is 2.24. The molecule has 0 atom stereocenters. The van der Waals surface area contributed by atoms with Gasteiger partial charge in [0, 0.05) is 23.5 Å². The summed E-state index contributed by atoms with van der Waals surface area (Å²) in [4.78, 5) is 16.8. The van der Waals surface area contributed by atoms with Gasteiger partial charge in [0.05, 0.1) is 18.3 Å². The van der Waals surface area contributed by atoms with Gasteiger partial charge in [0.15, 0.2) is 0 Å². The summed E-state index contributed by atoms with van der Waals surface area (Å²) in [6.45, 7) is 4.31. The Morgan fingerprint density at radius 2 is 1.90 bits per heavy atom. The Bertz CT molecular complexity index is 1210. The highest BCUT2D eigenvalue weighted by Gasteiger charge is 2.15. The van der Waals surface area contributed by atoms with E-state index in [2.05, 4.69) is 15.4 Å². The molecule has 2 heterocycles. The molecule has 0 spiro atoms. The van der Waals surface area contributed by atoms with Crippen molar-refractivity contribution in [3.8, 4) is 11.5 Å². The van der Waals surface area contributed by atoms with Gasteiger partial charge >= 0.3 is 0 Å². The molecular formula is C22H18F2N4O2. The first-order chi connectivity index (χ1) is 14.4. The number of nitrogens with one attached hydrogen (secondary N) is 1. The van der Waals surface area contributed by atoms with Gasteiger partial charge in [0.25, 0.3) is 5.91 Å². The zero-order valence-corrected chi connectivity index (χ0v) is 16.3. The standard InChI is InChI=1S/C22H18F2N4O2/c1-13-10-25-28(11-13)12-20-14(2)30-22(27-20)15-3-6-17(7-4-15)26-21(29)18-8-5-16(23)9-19(18)24/h3-11H,12H2,1-2H3,(H,26,29). The summed E-state index contributed by atoms with van der Waals surface area (Å²) in [5.41, 5.74) is 2.80. The molecule has 4 aromatic rings. The first kappa shape index (κ1) is 19.5. The van der Waals surface area contributed by atoms with Crippen LogP contribution in [-0.4, -0.2) is 20.7 Å². The summed E-state index contributed by atoms with van der Waals surface area (Å²) in [7, 11) is 0. The molecule has 0 unspecified atom stereocenters. The molecule has 2 aromatic heterocycles. The van der Waals surface area contributed by atoms with Crippen molar-refractivity contribution in [2.45, 2.75) is 20.4 Å². The van der Waals surface area contributed by atoms with E-state index in [0.717, 1.165) is 29.0 Å². The summed E-state index contributed by atoms with van der Waals surface area (Å²) in [6.07, 6.45) is 3.70. The second-order valence-corrected chi connectivity index (χ2v) is 6.89. The molecule has 0 aliphatic heterocycles. The van der Waals surface area contributed by atoms with E-state index in [1.807, 2.05) is 20.0 Å². The number of aromatic nitrogens is 3. The van der Waals surface area contributed by atoms with Crippen molar-refractivity contribution in [3.05, 3.63) is 89.1 Å². The van der Waals surface area contributed by atoms with E-state index in [-0.39, 0.29) is 5.56 Å². The maximum absolute atomic E-state index is 13.8. The topological polar surface area (TPSA) is 73.0 Å². The van der Waals surface area contributed by atoms with Crippen molar-refractivity contribution in [2.24, 2.45) is 0 Å². The molecule has 0 aliphatic carbocycles. The monoisotopic (exact) mass is 408 g/mol. The van der Waals surface area contributed by atoms with Gasteiger partial charge in [-0.25, -0.2) is 13.8 Å². The third kappa shape index (κ3) is 4.12. The fraction of sp³-hybridized carbons (Fsp3) is 0.136. The van der Waals surface area contributed by atoms with E-state index in [1.54, 1.807) is 35.1 Å². The Kier molecular flexibility index (Phi) is 5.14. The molecule has 0 aliphatic rings. The average Bonchev–Trinajstić information content (AvgIpc) is 3.28. The highest BCUT2D eigenvalue weighted by atomic mass is 19.1. The molecule has 1 amide bonds. The Hall–Kier alpha value is -3.81. The van der Waals surface area contributed by atoms with Gasteiger partial charge < -0.3 is 9.73 Å². The smallest absolute Gasteiger partial charge is 0.258 e. The summed E-state index contributed by atoms with van der Waals surface area (Å²) in [5, 5.41) is 6.84. The minimum atomic E-state index is -0.917. The number of aryl methyl sites for hydroxylation is 2. The van der Waals surface area contributed by atoms with E-state index in [4.69, 9.17) is 4.42 Å². The third-order valence-electron chi connectivity index (χ3n) is 4.53. The maximum atomic E-state index is 13.8. The average molecular weight is 408 g/mol. The number of rotatable bonds is 5. The molecule has 0 saturated carbocycles. The molecule has 0 radical (unpaired) electrons. The van der Waals surface area contributed by atoms with Crippen LogP contribution in [0.2, 0.25) is 0 Å². The number of carbonyl (C=O) groups excluding carboxylic acids is 1. The number of benzene rings is 2. The lowest BCUT2D eigenvalue weighted by molar-refractivity contribution is 0.102. The van der Waals surface area contributed by atoms with Crippen LogP contribution in [-0.2, 0) is 6.54 Å². The van der Waals surface area contributed by atoms with Gasteiger partial charge in [-0.05, 0) is 55.8 Å². The number of anilines is 1. The van der Waals surface area contributed by atoms with Crippen molar-refractivity contribution in [2.75, 3.05) is 5.32 Å². The van der Waals surface area contributed by atoms with Crippen molar-refractivity contribution in [1.82, 2.24) is 14.8 Å². The van der Waals surface area contributed by atoms with Crippen LogP contribution in [0, 0.1) is 25.5 Å². The summed E-state index contributed by atoms with van der Waals surface area (Å²) < 4.78 is 34.3. The Morgan fingerprint density at radius 1 is 1.13 bits per heavy atom. The number of halogens is 2. The summed E-state index contributed by atoms with van der Waals surface area (Å²) in [6, 6.07) is 9.61. The molecule has 4 rings (SSSR count). The Balaban J connectivity index is 1.48. The van der Waals surface area contributed by atoms with Crippen LogP contribution in [0.3, 0.4) is 0 Å². The second-order valence-electron chi connectivity index (χ2n) is 6.89. The number of hydrogen-bond donors (Lipinski definition) is 1. The van der Waals surface area contributed by atoms with Gasteiger partial charge in [0.2, 0.25) is 5.89 Å². The first-order valence-electron chi connectivity index (χ1n) is 9.21. The van der Waals surface area contributed by atoms with E-state index in [9.17, 15) is 13.6 Å². The van der Waals surface area contributed by atoms with Crippen molar-refractivity contribution in [3.63, 3.8) is 0 Å². The lowest BCUT2D eigenvalue weighted by atomic mass is 10.1. The fourth-order valence-corrected chi connectivity index (χ4v) is 2.97. The first-order valence-corrected chi connectivity index (χ1v) is 9.21. The van der Waals surface area contributed by atoms with Crippen LogP contribution in [0.5, 0.6) is 0 Å². The fourth-order valence-electron chi connectivity index (χ4n) is 2.97. The quantitative estimate of drug-likeness (QED) is 0.518. The van der Waals surface area contributed by atoms with E-state index in [1.165, 1.54) is 0 Å². The van der Waals surface area contributed by atoms with Gasteiger partial charge in [-0.2, -0.15) is 5.10 Å². The molecule has 30 heavy (non-hydrogen) atoms. The molecule has 0 bridgehead atoms. The van der Waals surface area contributed by atoms with E-state index in [0.29, 0.717) is 29.9 Å². The minimum absolute atomic E-state index is 0.234. The Labute approximate surface area is 171 Å².